The van der Waals surface area contributed by atoms with Crippen LogP contribution in [0.15, 0.2) is 54.9 Å². The third-order valence-corrected chi connectivity index (χ3v) is 6.00. The van der Waals surface area contributed by atoms with Gasteiger partial charge in [0.2, 0.25) is 0 Å². The normalized spacial score (nSPS) is 12.8. The summed E-state index contributed by atoms with van der Waals surface area (Å²) in [4.78, 5) is 24.1. The van der Waals surface area contributed by atoms with Crippen molar-refractivity contribution in [1.82, 2.24) is 14.9 Å². The molecular formula is C27H31F2N3O2. The number of rotatable bonds is 10. The summed E-state index contributed by atoms with van der Waals surface area (Å²) in [5.74, 6) is -1.05. The third-order valence-electron chi connectivity index (χ3n) is 6.00. The van der Waals surface area contributed by atoms with Gasteiger partial charge in [0.25, 0.3) is 5.91 Å². The van der Waals surface area contributed by atoms with Gasteiger partial charge in [-0.25, -0.2) is 18.7 Å². The van der Waals surface area contributed by atoms with E-state index in [0.717, 1.165) is 24.5 Å². The van der Waals surface area contributed by atoms with Gasteiger partial charge in [-0.1, -0.05) is 38.0 Å². The Balaban J connectivity index is 1.86. The van der Waals surface area contributed by atoms with E-state index in [1.807, 2.05) is 32.0 Å². The summed E-state index contributed by atoms with van der Waals surface area (Å²) in [6.07, 6.45) is 5.68. The molecule has 34 heavy (non-hydrogen) atoms. The van der Waals surface area contributed by atoms with Crippen LogP contribution in [0.5, 0.6) is 5.75 Å². The van der Waals surface area contributed by atoms with Gasteiger partial charge in [0.05, 0.1) is 12.2 Å². The molecule has 1 amide bonds. The second-order valence-electron chi connectivity index (χ2n) is 8.45. The summed E-state index contributed by atoms with van der Waals surface area (Å²) in [7, 11) is 1.79. The second kappa shape index (κ2) is 11.7. The number of benzene rings is 2. The topological polar surface area (TPSA) is 55.3 Å². The fourth-order valence-electron chi connectivity index (χ4n) is 4.28. The first-order chi connectivity index (χ1) is 16.3. The van der Waals surface area contributed by atoms with Crippen LogP contribution in [0.25, 0.3) is 11.4 Å². The fraction of sp³-hybridized carbons (Fsp3) is 0.370. The molecule has 180 valence electrons. The molecule has 7 heteroatoms. The lowest BCUT2D eigenvalue weighted by Gasteiger charge is -2.34. The highest BCUT2D eigenvalue weighted by molar-refractivity contribution is 6.00. The molecule has 2 atom stereocenters. The lowest BCUT2D eigenvalue weighted by molar-refractivity contribution is 0.0605. The molecule has 0 bridgehead atoms. The largest absolute Gasteiger partial charge is 0.490 e. The number of halogens is 2. The van der Waals surface area contributed by atoms with Crippen LogP contribution in [0.2, 0.25) is 0 Å². The van der Waals surface area contributed by atoms with Crippen LogP contribution >= 0.6 is 0 Å². The van der Waals surface area contributed by atoms with Gasteiger partial charge in [-0.3, -0.25) is 4.79 Å². The summed E-state index contributed by atoms with van der Waals surface area (Å²) < 4.78 is 33.1. The van der Waals surface area contributed by atoms with Gasteiger partial charge >= 0.3 is 0 Å². The van der Waals surface area contributed by atoms with Crippen LogP contribution in [0.4, 0.5) is 8.78 Å². The van der Waals surface area contributed by atoms with E-state index in [0.29, 0.717) is 23.4 Å². The number of hydrogen-bond acceptors (Lipinski definition) is 4. The van der Waals surface area contributed by atoms with Gasteiger partial charge < -0.3 is 9.64 Å². The molecule has 2 aromatic carbocycles. The number of carbonyl (C=O) groups excluding carboxylic acids is 1. The van der Waals surface area contributed by atoms with Crippen molar-refractivity contribution in [3.8, 4) is 17.1 Å². The van der Waals surface area contributed by atoms with E-state index in [1.54, 1.807) is 30.4 Å². The van der Waals surface area contributed by atoms with Crippen molar-refractivity contribution >= 4 is 5.91 Å². The number of nitrogens with zero attached hydrogens (tertiary/aromatic N) is 3. The molecule has 0 aliphatic heterocycles. The first-order valence-corrected chi connectivity index (χ1v) is 11.6. The standard InChI is InChI=1S/C27H31F2N3O2/c1-5-8-19(17-34-25-12-10-20(28)16-23(25)29)24(6-2)32(4)27(33)22-15-18(3)9-11-21(22)26-30-13-7-14-31-26/h7,9-16,19,24H,5-6,8,17H2,1-4H3. The zero-order valence-corrected chi connectivity index (χ0v) is 20.1. The highest BCUT2D eigenvalue weighted by Gasteiger charge is 2.29. The Bertz CT molecular complexity index is 1110. The SMILES string of the molecule is CCCC(COc1ccc(F)cc1F)C(CC)N(C)C(=O)c1cc(C)ccc1-c1ncccn1. The summed E-state index contributed by atoms with van der Waals surface area (Å²) in [5.41, 5.74) is 2.17. The Morgan fingerprint density at radius 3 is 2.47 bits per heavy atom. The predicted octanol–water partition coefficient (Wildman–Crippen LogP) is 6.08. The first kappa shape index (κ1) is 25.3. The molecule has 0 aliphatic rings. The van der Waals surface area contributed by atoms with Crippen molar-refractivity contribution in [2.45, 2.75) is 46.1 Å². The molecule has 0 aliphatic carbocycles. The smallest absolute Gasteiger partial charge is 0.254 e. The van der Waals surface area contributed by atoms with Gasteiger partial charge in [-0.2, -0.15) is 0 Å². The number of carbonyl (C=O) groups is 1. The van der Waals surface area contributed by atoms with E-state index in [-0.39, 0.29) is 30.2 Å². The molecule has 0 fully saturated rings. The van der Waals surface area contributed by atoms with E-state index in [1.165, 1.54) is 12.1 Å². The predicted molar refractivity (Wildman–Crippen MR) is 129 cm³/mol. The van der Waals surface area contributed by atoms with E-state index < -0.39 is 11.6 Å². The van der Waals surface area contributed by atoms with Crippen molar-refractivity contribution in [2.75, 3.05) is 13.7 Å². The molecule has 0 saturated carbocycles. The van der Waals surface area contributed by atoms with Crippen LogP contribution in [0.1, 0.15) is 49.0 Å². The summed E-state index contributed by atoms with van der Waals surface area (Å²) in [6.45, 7) is 6.24. The lowest BCUT2D eigenvalue weighted by atomic mass is 9.91. The Kier molecular flexibility index (Phi) is 8.68. The van der Waals surface area contributed by atoms with Gasteiger partial charge in [0, 0.05) is 43.0 Å². The summed E-state index contributed by atoms with van der Waals surface area (Å²) in [6, 6.07) is 10.5. The average molecular weight is 468 g/mol. The highest BCUT2D eigenvalue weighted by atomic mass is 19.1. The van der Waals surface area contributed by atoms with Crippen molar-refractivity contribution in [2.24, 2.45) is 5.92 Å². The maximum absolute atomic E-state index is 14.1. The summed E-state index contributed by atoms with van der Waals surface area (Å²) in [5, 5.41) is 0. The second-order valence-corrected chi connectivity index (χ2v) is 8.45. The molecular weight excluding hydrogens is 436 g/mol. The highest BCUT2D eigenvalue weighted by Crippen LogP contribution is 2.27. The zero-order valence-electron chi connectivity index (χ0n) is 20.1. The van der Waals surface area contributed by atoms with Crippen molar-refractivity contribution in [1.29, 1.82) is 0 Å². The van der Waals surface area contributed by atoms with Crippen molar-refractivity contribution in [3.63, 3.8) is 0 Å². The quantitative estimate of drug-likeness (QED) is 0.363. The molecule has 0 spiro atoms. The number of ether oxygens (including phenoxy) is 1. The molecule has 1 aromatic heterocycles. The van der Waals surface area contributed by atoms with Crippen LogP contribution in [-0.2, 0) is 0 Å². The third kappa shape index (κ3) is 5.95. The number of aryl methyl sites for hydroxylation is 1. The Morgan fingerprint density at radius 1 is 1.09 bits per heavy atom. The number of aromatic nitrogens is 2. The van der Waals surface area contributed by atoms with Gasteiger partial charge in [-0.15, -0.1) is 0 Å². The minimum Gasteiger partial charge on any atom is -0.490 e. The van der Waals surface area contributed by atoms with Gasteiger partial charge in [0.1, 0.15) is 5.82 Å². The van der Waals surface area contributed by atoms with Gasteiger partial charge in [0.15, 0.2) is 17.4 Å². The number of hydrogen-bond donors (Lipinski definition) is 0. The Labute approximate surface area is 199 Å². The van der Waals surface area contributed by atoms with Crippen molar-refractivity contribution < 1.29 is 18.3 Å². The number of amides is 1. The van der Waals surface area contributed by atoms with Crippen LogP contribution in [-0.4, -0.2) is 40.5 Å². The average Bonchev–Trinajstić information content (AvgIpc) is 2.83. The lowest BCUT2D eigenvalue weighted by Crippen LogP contribution is -2.43. The van der Waals surface area contributed by atoms with Crippen molar-refractivity contribution in [3.05, 3.63) is 77.6 Å². The molecule has 5 nitrogen and oxygen atoms in total. The maximum atomic E-state index is 14.1. The van der Waals surface area contributed by atoms with E-state index in [4.69, 9.17) is 4.74 Å². The van der Waals surface area contributed by atoms with E-state index in [2.05, 4.69) is 16.9 Å². The molecule has 0 radical (unpaired) electrons. The molecule has 0 saturated heterocycles. The zero-order chi connectivity index (χ0) is 24.7. The molecule has 1 heterocycles. The Morgan fingerprint density at radius 2 is 1.82 bits per heavy atom. The molecule has 3 rings (SSSR count). The minimum absolute atomic E-state index is 0.00790. The Hall–Kier alpha value is -3.35. The van der Waals surface area contributed by atoms with E-state index >= 15 is 0 Å². The van der Waals surface area contributed by atoms with Crippen LogP contribution in [0.3, 0.4) is 0 Å². The molecule has 2 unspecified atom stereocenters. The first-order valence-electron chi connectivity index (χ1n) is 11.6. The molecule has 3 aromatic rings. The minimum atomic E-state index is -0.736. The van der Waals surface area contributed by atoms with Crippen LogP contribution < -0.4 is 4.74 Å². The van der Waals surface area contributed by atoms with Crippen LogP contribution in [0, 0.1) is 24.5 Å². The summed E-state index contributed by atoms with van der Waals surface area (Å²) >= 11 is 0. The monoisotopic (exact) mass is 467 g/mol. The van der Waals surface area contributed by atoms with Gasteiger partial charge in [-0.05, 0) is 44.0 Å². The fourth-order valence-corrected chi connectivity index (χ4v) is 4.28. The molecule has 0 N–H and O–H groups in total. The van der Waals surface area contributed by atoms with E-state index in [9.17, 15) is 13.6 Å². The maximum Gasteiger partial charge on any atom is 0.254 e.